The third-order valence-corrected chi connectivity index (χ3v) is 0.686. The van der Waals surface area contributed by atoms with Crippen molar-refractivity contribution < 1.29 is 4.79 Å². The number of hydrogen-bond donors (Lipinski definition) is 1. The van der Waals surface area contributed by atoms with Gasteiger partial charge in [0.2, 0.25) is 5.91 Å². The van der Waals surface area contributed by atoms with Gasteiger partial charge in [0.1, 0.15) is 6.04 Å². The zero-order chi connectivity index (χ0) is 5.86. The number of hydrogen-bond acceptors (Lipinski definition) is 2. The fourth-order valence-electron chi connectivity index (χ4n) is 0.0900. The van der Waals surface area contributed by atoms with Crippen molar-refractivity contribution in [2.45, 2.75) is 13.0 Å². The van der Waals surface area contributed by atoms with Crippen LogP contribution < -0.4 is 5.73 Å². The normalized spacial score (nSPS) is 12.7. The van der Waals surface area contributed by atoms with Gasteiger partial charge in [-0.05, 0) is 13.6 Å². The van der Waals surface area contributed by atoms with Crippen molar-refractivity contribution in [3.8, 4) is 0 Å². The number of rotatable bonds is 2. The second kappa shape index (κ2) is 2.34. The van der Waals surface area contributed by atoms with E-state index in [4.69, 9.17) is 5.73 Å². The highest BCUT2D eigenvalue weighted by Crippen LogP contribution is 1.81. The second-order valence-electron chi connectivity index (χ2n) is 1.26. The molecule has 0 aliphatic heterocycles. The lowest BCUT2D eigenvalue weighted by Crippen LogP contribution is -2.23. The first-order chi connectivity index (χ1) is 3.18. The summed E-state index contributed by atoms with van der Waals surface area (Å²) >= 11 is 0. The van der Waals surface area contributed by atoms with Gasteiger partial charge < -0.3 is 5.73 Å². The summed E-state index contributed by atoms with van der Waals surface area (Å²) in [4.78, 5) is 13.4. The predicted molar refractivity (Wildman–Crippen MR) is 28.2 cm³/mol. The molecule has 0 rings (SSSR count). The van der Waals surface area contributed by atoms with Crippen LogP contribution in [-0.2, 0) is 4.79 Å². The molecule has 0 fully saturated rings. The Morgan fingerprint density at radius 2 is 2.43 bits per heavy atom. The molecule has 0 aliphatic rings. The topological polar surface area (TPSA) is 55.4 Å². The molecule has 0 saturated heterocycles. The first-order valence-corrected chi connectivity index (χ1v) is 1.93. The zero-order valence-corrected chi connectivity index (χ0v) is 4.22. The van der Waals surface area contributed by atoms with Crippen LogP contribution in [0.25, 0.3) is 0 Å². The minimum absolute atomic E-state index is 0.435. The van der Waals surface area contributed by atoms with Gasteiger partial charge in [-0.25, -0.2) is 0 Å². The van der Waals surface area contributed by atoms with E-state index in [0.717, 1.165) is 0 Å². The van der Waals surface area contributed by atoms with Crippen LogP contribution in [0.15, 0.2) is 4.99 Å². The van der Waals surface area contributed by atoms with Crippen LogP contribution in [-0.4, -0.2) is 18.7 Å². The molecule has 0 radical (unpaired) electrons. The quantitative estimate of drug-likeness (QED) is 0.470. The SMILES string of the molecule is C=N[C@@H](C)C(N)=O. The highest BCUT2D eigenvalue weighted by Gasteiger charge is 2.00. The molecule has 1 atom stereocenters. The van der Waals surface area contributed by atoms with Crippen LogP contribution in [0.5, 0.6) is 0 Å². The van der Waals surface area contributed by atoms with E-state index < -0.39 is 11.9 Å². The molecule has 2 N–H and O–H groups in total. The smallest absolute Gasteiger partial charge is 0.241 e. The maximum absolute atomic E-state index is 10.0. The lowest BCUT2D eigenvalue weighted by Gasteiger charge is -1.93. The van der Waals surface area contributed by atoms with Crippen LogP contribution in [0.2, 0.25) is 0 Å². The number of carbonyl (C=O) groups is 1. The number of carbonyl (C=O) groups excluding carboxylic acids is 1. The summed E-state index contributed by atoms with van der Waals surface area (Å²) in [6.45, 7) is 4.72. The van der Waals surface area contributed by atoms with Crippen molar-refractivity contribution in [3.05, 3.63) is 0 Å². The molecule has 7 heavy (non-hydrogen) atoms. The molecular weight excluding hydrogens is 92.1 g/mol. The van der Waals surface area contributed by atoms with Crippen molar-refractivity contribution in [2.24, 2.45) is 10.7 Å². The number of nitrogens with zero attached hydrogens (tertiary/aromatic N) is 1. The monoisotopic (exact) mass is 100 g/mol. The number of nitrogens with two attached hydrogens (primary N) is 1. The second-order valence-corrected chi connectivity index (χ2v) is 1.26. The number of primary amides is 1. The van der Waals surface area contributed by atoms with E-state index in [1.165, 1.54) is 0 Å². The highest BCUT2D eigenvalue weighted by molar-refractivity contribution is 5.80. The van der Waals surface area contributed by atoms with Crippen molar-refractivity contribution in [1.29, 1.82) is 0 Å². The highest BCUT2D eigenvalue weighted by atomic mass is 16.1. The Hall–Kier alpha value is -0.860. The molecule has 0 bridgehead atoms. The fourth-order valence-corrected chi connectivity index (χ4v) is 0.0900. The zero-order valence-electron chi connectivity index (χ0n) is 4.22. The molecule has 0 spiro atoms. The third-order valence-electron chi connectivity index (χ3n) is 0.686. The minimum Gasteiger partial charge on any atom is -0.368 e. The van der Waals surface area contributed by atoms with Gasteiger partial charge in [0, 0.05) is 0 Å². The van der Waals surface area contributed by atoms with Gasteiger partial charge in [0.05, 0.1) is 0 Å². The molecule has 0 saturated carbocycles. The Morgan fingerprint density at radius 1 is 2.00 bits per heavy atom. The molecule has 3 heteroatoms. The van der Waals surface area contributed by atoms with E-state index in [2.05, 4.69) is 11.7 Å². The van der Waals surface area contributed by atoms with Gasteiger partial charge in [-0.15, -0.1) is 0 Å². The van der Waals surface area contributed by atoms with Crippen LogP contribution in [0.3, 0.4) is 0 Å². The standard InChI is InChI=1S/C4H8N2O/c1-3(6-2)4(5)7/h3H,2H2,1H3,(H2,5,7)/t3-/m0/s1. The van der Waals surface area contributed by atoms with Gasteiger partial charge in [-0.2, -0.15) is 0 Å². The van der Waals surface area contributed by atoms with Gasteiger partial charge >= 0.3 is 0 Å². The molecule has 0 aromatic heterocycles. The largest absolute Gasteiger partial charge is 0.368 e. The van der Waals surface area contributed by atoms with Crippen LogP contribution in [0, 0.1) is 0 Å². The minimum atomic E-state index is -0.444. The molecule has 3 nitrogen and oxygen atoms in total. The average Bonchev–Trinajstić information content (AvgIpc) is 1.65. The van der Waals surface area contributed by atoms with Gasteiger partial charge in [0.15, 0.2) is 0 Å². The molecular formula is C4H8N2O. The summed E-state index contributed by atoms with van der Waals surface area (Å²) in [7, 11) is 0. The number of aliphatic imine (C=N–C) groups is 1. The Bertz CT molecular complexity index is 89.7. The number of amides is 1. The van der Waals surface area contributed by atoms with E-state index in [0.29, 0.717) is 0 Å². The Labute approximate surface area is 42.2 Å². The maximum atomic E-state index is 10.0. The molecule has 40 valence electrons. The fraction of sp³-hybridized carbons (Fsp3) is 0.500. The lowest BCUT2D eigenvalue weighted by molar-refractivity contribution is -0.118. The van der Waals surface area contributed by atoms with E-state index >= 15 is 0 Å². The van der Waals surface area contributed by atoms with Crippen LogP contribution in [0.1, 0.15) is 6.92 Å². The summed E-state index contributed by atoms with van der Waals surface area (Å²) in [5.74, 6) is -0.435. The summed E-state index contributed by atoms with van der Waals surface area (Å²) < 4.78 is 0. The van der Waals surface area contributed by atoms with Gasteiger partial charge in [0.25, 0.3) is 0 Å². The molecule has 0 heterocycles. The van der Waals surface area contributed by atoms with E-state index in [1.54, 1.807) is 6.92 Å². The van der Waals surface area contributed by atoms with Gasteiger partial charge in [-0.1, -0.05) is 0 Å². The van der Waals surface area contributed by atoms with E-state index in [1.807, 2.05) is 0 Å². The summed E-state index contributed by atoms with van der Waals surface area (Å²) in [5, 5.41) is 0. The van der Waals surface area contributed by atoms with Crippen molar-refractivity contribution in [2.75, 3.05) is 0 Å². The summed E-state index contributed by atoms with van der Waals surface area (Å²) in [5.41, 5.74) is 4.77. The first-order valence-electron chi connectivity index (χ1n) is 1.93. The summed E-state index contributed by atoms with van der Waals surface area (Å²) in [6, 6.07) is -0.444. The first kappa shape index (κ1) is 6.14. The van der Waals surface area contributed by atoms with Crippen molar-refractivity contribution in [1.82, 2.24) is 0 Å². The summed E-state index contributed by atoms with van der Waals surface area (Å²) in [6.07, 6.45) is 0. The Morgan fingerprint density at radius 3 is 2.43 bits per heavy atom. The Balaban J connectivity index is 3.55. The lowest BCUT2D eigenvalue weighted by atomic mass is 10.3. The van der Waals surface area contributed by atoms with Crippen LogP contribution in [0.4, 0.5) is 0 Å². The van der Waals surface area contributed by atoms with Gasteiger partial charge in [-0.3, -0.25) is 9.79 Å². The molecule has 0 aromatic rings. The molecule has 0 unspecified atom stereocenters. The Kier molecular flexibility index (Phi) is 2.05. The molecule has 0 aromatic carbocycles. The van der Waals surface area contributed by atoms with Crippen LogP contribution >= 0.6 is 0 Å². The molecule has 1 amide bonds. The maximum Gasteiger partial charge on any atom is 0.241 e. The molecule has 0 aliphatic carbocycles. The average molecular weight is 100 g/mol. The third kappa shape index (κ3) is 1.92. The van der Waals surface area contributed by atoms with Crippen molar-refractivity contribution >= 4 is 12.6 Å². The van der Waals surface area contributed by atoms with E-state index in [9.17, 15) is 4.79 Å². The van der Waals surface area contributed by atoms with Crippen molar-refractivity contribution in [3.63, 3.8) is 0 Å². The predicted octanol–water partition coefficient (Wildman–Crippen LogP) is -0.439. The van der Waals surface area contributed by atoms with E-state index in [-0.39, 0.29) is 0 Å².